The first-order valence-corrected chi connectivity index (χ1v) is 13.3. The van der Waals surface area contributed by atoms with Crippen LogP contribution >= 0.6 is 0 Å². The van der Waals surface area contributed by atoms with Crippen LogP contribution in [0.1, 0.15) is 64.1 Å². The van der Waals surface area contributed by atoms with Crippen molar-refractivity contribution < 1.29 is 57.2 Å². The van der Waals surface area contributed by atoms with Crippen molar-refractivity contribution in [1.29, 1.82) is 0 Å². The fraction of sp³-hybridized carbons (Fsp3) is 0.188. The van der Waals surface area contributed by atoms with Crippen LogP contribution in [-0.4, -0.2) is 45.8 Å². The van der Waals surface area contributed by atoms with Crippen LogP contribution in [0.25, 0.3) is 24.3 Å². The molecule has 0 aliphatic carbocycles. The molecule has 46 heavy (non-hydrogen) atoms. The molecule has 1 heterocycles. The van der Waals surface area contributed by atoms with Crippen molar-refractivity contribution in [3.63, 3.8) is 0 Å². The minimum atomic E-state index is -0.719. The molecule has 0 aliphatic rings. The molecule has 0 unspecified atom stereocenters. The lowest BCUT2D eigenvalue weighted by atomic mass is 10.1. The van der Waals surface area contributed by atoms with E-state index in [1.165, 1.54) is 36.7 Å². The van der Waals surface area contributed by atoms with Crippen LogP contribution in [0.5, 0.6) is 34.5 Å². The molecule has 0 radical (unpaired) electrons. The Balaban J connectivity index is 1.91. The molecule has 3 rings (SSSR count). The molecule has 0 fully saturated rings. The Labute approximate surface area is 262 Å². The number of aromatic nitrogens is 2. The van der Waals surface area contributed by atoms with Crippen molar-refractivity contribution in [3.8, 4) is 34.5 Å². The lowest BCUT2D eigenvalue weighted by molar-refractivity contribution is -0.135. The predicted octanol–water partition coefficient (Wildman–Crippen LogP) is 4.37. The summed E-state index contributed by atoms with van der Waals surface area (Å²) in [6.45, 7) is 6.92. The first-order valence-electron chi connectivity index (χ1n) is 13.3. The van der Waals surface area contributed by atoms with Gasteiger partial charge in [-0.3, -0.25) is 38.7 Å². The van der Waals surface area contributed by atoms with Crippen LogP contribution in [0.2, 0.25) is 0 Å². The van der Waals surface area contributed by atoms with E-state index in [1.807, 2.05) is 0 Å². The summed E-state index contributed by atoms with van der Waals surface area (Å²) in [7, 11) is 0. The highest BCUT2D eigenvalue weighted by Crippen LogP contribution is 2.41. The minimum Gasteiger partial charge on any atom is -0.423 e. The van der Waals surface area contributed by atoms with Crippen LogP contribution in [0.4, 0.5) is 0 Å². The summed E-state index contributed by atoms with van der Waals surface area (Å²) >= 11 is 0. The summed E-state index contributed by atoms with van der Waals surface area (Å²) in [6.07, 6.45) is 9.25. The Kier molecular flexibility index (Phi) is 11.6. The Morgan fingerprint density at radius 2 is 0.696 bits per heavy atom. The number of ether oxygens (including phenoxy) is 6. The van der Waals surface area contributed by atoms with E-state index in [0.29, 0.717) is 22.5 Å². The van der Waals surface area contributed by atoms with Gasteiger partial charge in [-0.2, -0.15) is 0 Å². The molecule has 0 bridgehead atoms. The first kappa shape index (κ1) is 34.3. The van der Waals surface area contributed by atoms with Gasteiger partial charge in [0.15, 0.2) is 23.0 Å². The van der Waals surface area contributed by atoms with Gasteiger partial charge in [-0.15, -0.1) is 0 Å². The Morgan fingerprint density at radius 3 is 0.913 bits per heavy atom. The van der Waals surface area contributed by atoms with Crippen molar-refractivity contribution in [2.45, 2.75) is 41.5 Å². The largest absolute Gasteiger partial charge is 0.423 e. The third kappa shape index (κ3) is 10.5. The van der Waals surface area contributed by atoms with E-state index in [1.54, 1.807) is 24.3 Å². The van der Waals surface area contributed by atoms with Crippen molar-refractivity contribution in [2.24, 2.45) is 0 Å². The summed E-state index contributed by atoms with van der Waals surface area (Å²) in [5, 5.41) is 0. The topological polar surface area (TPSA) is 184 Å². The molecule has 0 amide bonds. The zero-order chi connectivity index (χ0) is 34.0. The molecule has 0 spiro atoms. The minimum absolute atomic E-state index is 0.137. The van der Waals surface area contributed by atoms with Crippen LogP contribution in [0.15, 0.2) is 36.7 Å². The highest BCUT2D eigenvalue weighted by atomic mass is 16.6. The molecule has 0 saturated heterocycles. The highest BCUT2D eigenvalue weighted by Gasteiger charge is 2.21. The summed E-state index contributed by atoms with van der Waals surface area (Å²) < 4.78 is 30.9. The summed E-state index contributed by atoms with van der Waals surface area (Å²) in [5.41, 5.74) is 1.67. The van der Waals surface area contributed by atoms with Gasteiger partial charge in [0.2, 0.25) is 11.5 Å². The number of esters is 6. The average molecular weight is 633 g/mol. The van der Waals surface area contributed by atoms with Crippen molar-refractivity contribution in [3.05, 3.63) is 59.2 Å². The summed E-state index contributed by atoms with van der Waals surface area (Å²) in [4.78, 5) is 78.5. The molecule has 1 aromatic heterocycles. The van der Waals surface area contributed by atoms with Gasteiger partial charge in [0.25, 0.3) is 0 Å². The molecule has 14 nitrogen and oxygen atoms in total. The number of carbonyl (C=O) groups is 6. The van der Waals surface area contributed by atoms with E-state index in [0.717, 1.165) is 41.5 Å². The van der Waals surface area contributed by atoms with Crippen LogP contribution < -0.4 is 28.4 Å². The van der Waals surface area contributed by atoms with Gasteiger partial charge in [0.1, 0.15) is 0 Å². The van der Waals surface area contributed by atoms with Crippen molar-refractivity contribution in [2.75, 3.05) is 0 Å². The van der Waals surface area contributed by atoms with E-state index in [2.05, 4.69) is 9.97 Å². The molecule has 3 aromatic rings. The van der Waals surface area contributed by atoms with Gasteiger partial charge in [0, 0.05) is 41.5 Å². The van der Waals surface area contributed by atoms with Crippen LogP contribution in [-0.2, 0) is 28.8 Å². The maximum absolute atomic E-state index is 11.7. The van der Waals surface area contributed by atoms with Gasteiger partial charge in [0.05, 0.1) is 23.8 Å². The zero-order valence-corrected chi connectivity index (χ0v) is 25.6. The van der Waals surface area contributed by atoms with Crippen LogP contribution in [0.3, 0.4) is 0 Å². The third-order valence-electron chi connectivity index (χ3n) is 5.18. The average Bonchev–Trinajstić information content (AvgIpc) is 2.93. The lowest BCUT2D eigenvalue weighted by Crippen LogP contribution is -2.10. The van der Waals surface area contributed by atoms with Gasteiger partial charge in [-0.25, -0.2) is 0 Å². The lowest BCUT2D eigenvalue weighted by Gasteiger charge is -2.14. The van der Waals surface area contributed by atoms with Crippen molar-refractivity contribution >= 4 is 60.1 Å². The standard InChI is InChI=1S/C32H28N2O12/c1-17(35)41-27-11-23(12-28(42-18(2)36)31(27)45-21(5)39)7-9-25-15-34-26(16-33-25)10-8-24-13-29(43-19(3)37)32(46-22(6)40)30(14-24)44-20(4)38/h7-16H,1-6H3/b9-7+,10-8+. The van der Waals surface area contributed by atoms with E-state index < -0.39 is 35.8 Å². The van der Waals surface area contributed by atoms with Gasteiger partial charge in [-0.05, 0) is 47.5 Å². The second kappa shape index (κ2) is 15.5. The summed E-state index contributed by atoms with van der Waals surface area (Å²) in [6, 6.07) is 5.65. The van der Waals surface area contributed by atoms with E-state index in [4.69, 9.17) is 28.4 Å². The fourth-order valence-corrected chi connectivity index (χ4v) is 3.68. The molecule has 0 aliphatic heterocycles. The normalized spacial score (nSPS) is 10.7. The second-order valence-corrected chi connectivity index (χ2v) is 9.29. The highest BCUT2D eigenvalue weighted by molar-refractivity contribution is 5.82. The molecule has 238 valence electrons. The molecular weight excluding hydrogens is 604 g/mol. The predicted molar refractivity (Wildman–Crippen MR) is 161 cm³/mol. The Hall–Kier alpha value is -6.18. The van der Waals surface area contributed by atoms with Crippen molar-refractivity contribution in [1.82, 2.24) is 9.97 Å². The maximum Gasteiger partial charge on any atom is 0.308 e. The molecule has 14 heteroatoms. The molecule has 0 atom stereocenters. The number of carbonyl (C=O) groups excluding carboxylic acids is 6. The van der Waals surface area contributed by atoms with Gasteiger partial charge < -0.3 is 28.4 Å². The van der Waals surface area contributed by atoms with E-state index >= 15 is 0 Å². The molecular formula is C32H28N2O12. The number of rotatable bonds is 10. The van der Waals surface area contributed by atoms with Crippen LogP contribution in [0, 0.1) is 0 Å². The molecule has 2 aromatic carbocycles. The SMILES string of the molecule is CC(=O)Oc1cc(/C=C/c2cnc(/C=C/c3cc(OC(C)=O)c(OC(C)=O)c(OC(C)=O)c3)cn2)cc(OC(C)=O)c1OC(C)=O. The zero-order valence-electron chi connectivity index (χ0n) is 25.6. The Bertz CT molecular complexity index is 1550. The van der Waals surface area contributed by atoms with Gasteiger partial charge in [-0.1, -0.05) is 12.2 Å². The van der Waals surface area contributed by atoms with Gasteiger partial charge >= 0.3 is 35.8 Å². The second-order valence-electron chi connectivity index (χ2n) is 9.29. The van der Waals surface area contributed by atoms with E-state index in [9.17, 15) is 28.8 Å². The van der Waals surface area contributed by atoms with E-state index in [-0.39, 0.29) is 34.5 Å². The number of hydrogen-bond donors (Lipinski definition) is 0. The molecule has 0 saturated carbocycles. The third-order valence-corrected chi connectivity index (χ3v) is 5.18. The summed E-state index contributed by atoms with van der Waals surface area (Å²) in [5.74, 6) is -5.21. The Morgan fingerprint density at radius 1 is 0.435 bits per heavy atom. The first-order chi connectivity index (χ1) is 21.7. The number of nitrogens with zero attached hydrogens (tertiary/aromatic N) is 2. The maximum atomic E-state index is 11.7. The smallest absolute Gasteiger partial charge is 0.308 e. The molecule has 0 N–H and O–H groups in total. The number of hydrogen-bond acceptors (Lipinski definition) is 14. The quantitative estimate of drug-likeness (QED) is 0.227. The fourth-order valence-electron chi connectivity index (χ4n) is 3.68. The number of benzene rings is 2. The monoisotopic (exact) mass is 632 g/mol.